The minimum Gasteiger partial charge on any atom is -0.479 e. The van der Waals surface area contributed by atoms with Crippen LogP contribution in [-0.2, 0) is 11.2 Å². The molecule has 1 unspecified atom stereocenters. The summed E-state index contributed by atoms with van der Waals surface area (Å²) in [7, 11) is 0. The van der Waals surface area contributed by atoms with Crippen LogP contribution in [0.3, 0.4) is 0 Å². The third-order valence-electron chi connectivity index (χ3n) is 3.14. The maximum Gasteiger partial charge on any atom is 0.260 e. The van der Waals surface area contributed by atoms with E-state index in [1.54, 1.807) is 25.1 Å². The first kappa shape index (κ1) is 16.7. The van der Waals surface area contributed by atoms with E-state index in [0.717, 1.165) is 6.42 Å². The normalized spacial score (nSPS) is 11.8. The minimum atomic E-state index is -0.647. The zero-order valence-corrected chi connectivity index (χ0v) is 13.7. The molecule has 0 heterocycles. The van der Waals surface area contributed by atoms with Crippen molar-refractivity contribution in [2.24, 2.45) is 0 Å². The van der Waals surface area contributed by atoms with Crippen LogP contribution in [0.15, 0.2) is 48.5 Å². The van der Waals surface area contributed by atoms with E-state index in [2.05, 4.69) is 5.32 Å². The maximum atomic E-state index is 12.0. The Morgan fingerprint density at radius 1 is 1.14 bits per heavy atom. The quantitative estimate of drug-likeness (QED) is 0.860. The molecule has 0 saturated heterocycles. The van der Waals surface area contributed by atoms with E-state index in [4.69, 9.17) is 27.9 Å². The number of rotatable bonds is 6. The average molecular weight is 338 g/mol. The fourth-order valence-corrected chi connectivity index (χ4v) is 2.27. The van der Waals surface area contributed by atoms with Crippen molar-refractivity contribution in [3.05, 3.63) is 64.1 Å². The highest BCUT2D eigenvalue weighted by Gasteiger charge is 2.16. The lowest BCUT2D eigenvalue weighted by Gasteiger charge is -2.16. The SMILES string of the molecule is CC(Oc1cccc(Cl)c1Cl)C(=O)NCCc1ccccc1. The molecular weight excluding hydrogens is 321 g/mol. The Morgan fingerprint density at radius 2 is 1.86 bits per heavy atom. The van der Waals surface area contributed by atoms with Crippen LogP contribution < -0.4 is 10.1 Å². The van der Waals surface area contributed by atoms with E-state index >= 15 is 0 Å². The third kappa shape index (κ3) is 4.65. The molecule has 0 aliphatic rings. The van der Waals surface area contributed by atoms with Crippen molar-refractivity contribution in [3.63, 3.8) is 0 Å². The molecule has 2 aromatic carbocycles. The lowest BCUT2D eigenvalue weighted by atomic mass is 10.1. The van der Waals surface area contributed by atoms with Gasteiger partial charge in [0.05, 0.1) is 5.02 Å². The number of amides is 1. The monoisotopic (exact) mass is 337 g/mol. The first-order valence-corrected chi connectivity index (χ1v) is 7.76. The van der Waals surface area contributed by atoms with E-state index in [9.17, 15) is 4.79 Å². The summed E-state index contributed by atoms with van der Waals surface area (Å²) >= 11 is 12.0. The summed E-state index contributed by atoms with van der Waals surface area (Å²) in [6, 6.07) is 15.0. The minimum absolute atomic E-state index is 0.188. The van der Waals surface area contributed by atoms with Crippen molar-refractivity contribution in [3.8, 4) is 5.75 Å². The van der Waals surface area contributed by atoms with Gasteiger partial charge in [0.15, 0.2) is 6.10 Å². The number of nitrogens with one attached hydrogen (secondary N) is 1. The Balaban J connectivity index is 1.83. The Morgan fingerprint density at radius 3 is 2.59 bits per heavy atom. The van der Waals surface area contributed by atoms with Gasteiger partial charge in [-0.1, -0.05) is 59.6 Å². The Kier molecular flexibility index (Phi) is 6.10. The standard InChI is InChI=1S/C17H17Cl2NO2/c1-12(22-15-9-5-8-14(18)16(15)19)17(21)20-11-10-13-6-3-2-4-7-13/h2-9,12H,10-11H2,1H3,(H,20,21). The van der Waals surface area contributed by atoms with Crippen molar-refractivity contribution in [2.75, 3.05) is 6.54 Å². The van der Waals surface area contributed by atoms with Crippen molar-refractivity contribution < 1.29 is 9.53 Å². The highest BCUT2D eigenvalue weighted by molar-refractivity contribution is 6.42. The van der Waals surface area contributed by atoms with E-state index in [1.165, 1.54) is 5.56 Å². The molecule has 0 aromatic heterocycles. The molecular formula is C17H17Cl2NO2. The van der Waals surface area contributed by atoms with Crippen LogP contribution in [-0.4, -0.2) is 18.6 Å². The van der Waals surface area contributed by atoms with Crippen LogP contribution in [0.25, 0.3) is 0 Å². The number of carbonyl (C=O) groups excluding carboxylic acids is 1. The Labute approximate surface area is 140 Å². The molecule has 0 saturated carbocycles. The fraction of sp³-hybridized carbons (Fsp3) is 0.235. The molecule has 0 spiro atoms. The van der Waals surface area contributed by atoms with Gasteiger partial charge in [0.1, 0.15) is 10.8 Å². The van der Waals surface area contributed by atoms with Gasteiger partial charge in [-0.05, 0) is 31.0 Å². The summed E-state index contributed by atoms with van der Waals surface area (Å²) in [4.78, 5) is 12.0. The number of halogens is 2. The van der Waals surface area contributed by atoms with Gasteiger partial charge in [-0.15, -0.1) is 0 Å². The zero-order chi connectivity index (χ0) is 15.9. The molecule has 0 bridgehead atoms. The molecule has 0 aliphatic carbocycles. The smallest absolute Gasteiger partial charge is 0.260 e. The molecule has 3 nitrogen and oxygen atoms in total. The summed E-state index contributed by atoms with van der Waals surface area (Å²) in [5.41, 5.74) is 1.18. The van der Waals surface area contributed by atoms with E-state index in [0.29, 0.717) is 22.3 Å². The predicted octanol–water partition coefficient (Wildman–Crippen LogP) is 4.12. The molecule has 116 valence electrons. The Hall–Kier alpha value is -1.71. The molecule has 5 heteroatoms. The summed E-state index contributed by atoms with van der Waals surface area (Å²) in [6.07, 6.45) is 0.128. The maximum absolute atomic E-state index is 12.0. The molecule has 22 heavy (non-hydrogen) atoms. The number of hydrogen-bond acceptors (Lipinski definition) is 2. The summed E-state index contributed by atoms with van der Waals surface area (Å²) < 4.78 is 5.56. The second-order valence-electron chi connectivity index (χ2n) is 4.84. The third-order valence-corrected chi connectivity index (χ3v) is 3.95. The second kappa shape index (κ2) is 8.06. The van der Waals surface area contributed by atoms with Crippen LogP contribution in [0, 0.1) is 0 Å². The van der Waals surface area contributed by atoms with Gasteiger partial charge in [-0.25, -0.2) is 0 Å². The van der Waals surface area contributed by atoms with Crippen LogP contribution in [0.4, 0.5) is 0 Å². The van der Waals surface area contributed by atoms with Crippen molar-refractivity contribution in [1.29, 1.82) is 0 Å². The Bertz CT molecular complexity index is 632. The number of benzene rings is 2. The molecule has 2 aromatic rings. The molecule has 0 aliphatic heterocycles. The average Bonchev–Trinajstić information content (AvgIpc) is 2.52. The van der Waals surface area contributed by atoms with Gasteiger partial charge < -0.3 is 10.1 Å². The number of ether oxygens (including phenoxy) is 1. The molecule has 1 atom stereocenters. The summed E-state index contributed by atoms with van der Waals surface area (Å²) in [6.45, 7) is 2.23. The second-order valence-corrected chi connectivity index (χ2v) is 5.62. The number of carbonyl (C=O) groups is 1. The van der Waals surface area contributed by atoms with Gasteiger partial charge in [0, 0.05) is 6.54 Å². The summed E-state index contributed by atoms with van der Waals surface area (Å²) in [5, 5.41) is 3.56. The fourth-order valence-electron chi connectivity index (χ4n) is 1.94. The van der Waals surface area contributed by atoms with Crippen molar-refractivity contribution >= 4 is 29.1 Å². The first-order chi connectivity index (χ1) is 10.6. The molecule has 1 N–H and O–H groups in total. The van der Waals surface area contributed by atoms with E-state index < -0.39 is 6.10 Å². The van der Waals surface area contributed by atoms with Gasteiger partial charge in [-0.2, -0.15) is 0 Å². The van der Waals surface area contributed by atoms with Crippen molar-refractivity contribution in [1.82, 2.24) is 5.32 Å². The topological polar surface area (TPSA) is 38.3 Å². The van der Waals surface area contributed by atoms with Gasteiger partial charge in [-0.3, -0.25) is 4.79 Å². The van der Waals surface area contributed by atoms with Crippen molar-refractivity contribution in [2.45, 2.75) is 19.4 Å². The van der Waals surface area contributed by atoms with Crippen LogP contribution in [0.1, 0.15) is 12.5 Å². The first-order valence-electron chi connectivity index (χ1n) is 7.00. The van der Waals surface area contributed by atoms with E-state index in [1.807, 2.05) is 30.3 Å². The molecule has 0 fully saturated rings. The lowest BCUT2D eigenvalue weighted by molar-refractivity contribution is -0.127. The predicted molar refractivity (Wildman–Crippen MR) is 89.7 cm³/mol. The highest BCUT2D eigenvalue weighted by atomic mass is 35.5. The van der Waals surface area contributed by atoms with Gasteiger partial charge in [0.25, 0.3) is 5.91 Å². The lowest BCUT2D eigenvalue weighted by Crippen LogP contribution is -2.37. The molecule has 1 amide bonds. The van der Waals surface area contributed by atoms with Crippen LogP contribution in [0.5, 0.6) is 5.75 Å². The summed E-state index contributed by atoms with van der Waals surface area (Å²) in [5.74, 6) is 0.215. The highest BCUT2D eigenvalue weighted by Crippen LogP contribution is 2.32. The largest absolute Gasteiger partial charge is 0.479 e. The van der Waals surface area contributed by atoms with Gasteiger partial charge in [0.2, 0.25) is 0 Å². The molecule has 2 rings (SSSR count). The van der Waals surface area contributed by atoms with E-state index in [-0.39, 0.29) is 5.91 Å². The van der Waals surface area contributed by atoms with Crippen LogP contribution >= 0.6 is 23.2 Å². The van der Waals surface area contributed by atoms with Crippen LogP contribution in [0.2, 0.25) is 10.0 Å². The zero-order valence-electron chi connectivity index (χ0n) is 12.2. The molecule has 0 radical (unpaired) electrons. The number of hydrogen-bond donors (Lipinski definition) is 1. The van der Waals surface area contributed by atoms with Gasteiger partial charge >= 0.3 is 0 Å².